The number of hydrogen-bond acceptors (Lipinski definition) is 5. The summed E-state index contributed by atoms with van der Waals surface area (Å²) in [7, 11) is 0. The number of halogens is 1. The number of benzene rings is 2. The van der Waals surface area contributed by atoms with Crippen LogP contribution in [0.15, 0.2) is 59.8 Å². The Balaban J connectivity index is 1.68. The molecule has 2 amide bonds. The van der Waals surface area contributed by atoms with Crippen LogP contribution in [0.1, 0.15) is 13.8 Å². The summed E-state index contributed by atoms with van der Waals surface area (Å²) in [5.74, 6) is 0.0661. The van der Waals surface area contributed by atoms with Crippen molar-refractivity contribution < 1.29 is 14.0 Å². The zero-order chi connectivity index (χ0) is 22.2. The number of nitrogens with one attached hydrogen (secondary N) is 2. The fourth-order valence-electron chi connectivity index (χ4n) is 2.73. The fourth-order valence-corrected chi connectivity index (χ4v) is 3.51. The van der Waals surface area contributed by atoms with E-state index < -0.39 is 0 Å². The average Bonchev–Trinajstić information content (AvgIpc) is 3.20. The molecule has 0 fully saturated rings. The standard InChI is InChI=1S/C22H24FN5O2S/c1-15(2)21(30)25-13-12-24-19(29)14-31-22-27-26-20(16-8-10-17(23)11-9-16)28(22)18-6-4-3-5-7-18/h3-11,15H,12-14H2,1-2H3,(H,24,29)(H,25,30). The lowest BCUT2D eigenvalue weighted by Gasteiger charge is -2.11. The second-order valence-corrected chi connectivity index (χ2v) is 8.01. The molecule has 0 spiro atoms. The van der Waals surface area contributed by atoms with Gasteiger partial charge in [-0.25, -0.2) is 4.39 Å². The molecule has 0 radical (unpaired) electrons. The van der Waals surface area contributed by atoms with Crippen LogP contribution in [-0.4, -0.2) is 45.4 Å². The highest BCUT2D eigenvalue weighted by Gasteiger charge is 2.17. The maximum Gasteiger partial charge on any atom is 0.230 e. The molecule has 2 N–H and O–H groups in total. The second-order valence-electron chi connectivity index (χ2n) is 7.07. The Morgan fingerprint density at radius 3 is 2.35 bits per heavy atom. The maximum atomic E-state index is 13.3. The van der Waals surface area contributed by atoms with Crippen molar-refractivity contribution in [3.8, 4) is 17.1 Å². The third-order valence-corrected chi connectivity index (χ3v) is 5.28. The number of aromatic nitrogens is 3. The van der Waals surface area contributed by atoms with E-state index >= 15 is 0 Å². The molecule has 0 bridgehead atoms. The largest absolute Gasteiger partial charge is 0.354 e. The summed E-state index contributed by atoms with van der Waals surface area (Å²) < 4.78 is 15.2. The predicted molar refractivity (Wildman–Crippen MR) is 118 cm³/mol. The molecule has 0 aliphatic rings. The normalized spacial score (nSPS) is 10.8. The van der Waals surface area contributed by atoms with Crippen LogP contribution < -0.4 is 10.6 Å². The topological polar surface area (TPSA) is 88.9 Å². The molecule has 7 nitrogen and oxygen atoms in total. The number of thioether (sulfide) groups is 1. The molecule has 1 heterocycles. The lowest BCUT2D eigenvalue weighted by atomic mass is 10.2. The number of amides is 2. The third-order valence-electron chi connectivity index (χ3n) is 4.35. The lowest BCUT2D eigenvalue weighted by molar-refractivity contribution is -0.124. The quantitative estimate of drug-likeness (QED) is 0.394. The highest BCUT2D eigenvalue weighted by molar-refractivity contribution is 7.99. The van der Waals surface area contributed by atoms with Gasteiger partial charge >= 0.3 is 0 Å². The van der Waals surface area contributed by atoms with Crippen molar-refractivity contribution in [3.63, 3.8) is 0 Å². The van der Waals surface area contributed by atoms with Crippen molar-refractivity contribution in [1.82, 2.24) is 25.4 Å². The van der Waals surface area contributed by atoms with Crippen molar-refractivity contribution in [3.05, 3.63) is 60.4 Å². The van der Waals surface area contributed by atoms with Crippen LogP contribution in [0, 0.1) is 11.7 Å². The summed E-state index contributed by atoms with van der Waals surface area (Å²) in [4.78, 5) is 23.8. The predicted octanol–water partition coefficient (Wildman–Crippen LogP) is 3.05. The highest BCUT2D eigenvalue weighted by Crippen LogP contribution is 2.27. The number of nitrogens with zero attached hydrogens (tertiary/aromatic N) is 3. The molecule has 0 atom stereocenters. The monoisotopic (exact) mass is 441 g/mol. The van der Waals surface area contributed by atoms with Gasteiger partial charge in [-0.3, -0.25) is 14.2 Å². The summed E-state index contributed by atoms with van der Waals surface area (Å²) >= 11 is 1.25. The van der Waals surface area contributed by atoms with E-state index in [2.05, 4.69) is 20.8 Å². The minimum atomic E-state index is -0.328. The van der Waals surface area contributed by atoms with Crippen LogP contribution in [0.3, 0.4) is 0 Å². The van der Waals surface area contributed by atoms with E-state index in [-0.39, 0.29) is 29.3 Å². The molecule has 3 rings (SSSR count). The molecule has 9 heteroatoms. The van der Waals surface area contributed by atoms with Gasteiger partial charge in [-0.1, -0.05) is 43.8 Å². The summed E-state index contributed by atoms with van der Waals surface area (Å²) in [6, 6.07) is 15.6. The van der Waals surface area contributed by atoms with Crippen molar-refractivity contribution in [1.29, 1.82) is 0 Å². The molecule has 3 aromatic rings. The molecule has 2 aromatic carbocycles. The molecule has 0 aliphatic heterocycles. The van der Waals surface area contributed by atoms with Crippen LogP contribution in [0.2, 0.25) is 0 Å². The van der Waals surface area contributed by atoms with E-state index in [1.807, 2.05) is 48.7 Å². The van der Waals surface area contributed by atoms with E-state index in [0.29, 0.717) is 24.1 Å². The van der Waals surface area contributed by atoms with Crippen molar-refractivity contribution in [2.24, 2.45) is 5.92 Å². The van der Waals surface area contributed by atoms with Gasteiger partial charge in [-0.05, 0) is 36.4 Å². The smallest absolute Gasteiger partial charge is 0.230 e. The van der Waals surface area contributed by atoms with E-state index in [9.17, 15) is 14.0 Å². The Morgan fingerprint density at radius 1 is 1.00 bits per heavy atom. The van der Waals surface area contributed by atoms with Gasteiger partial charge in [0.05, 0.1) is 5.75 Å². The summed E-state index contributed by atoms with van der Waals surface area (Å²) in [5.41, 5.74) is 1.56. The molecule has 1 aromatic heterocycles. The Hall–Kier alpha value is -3.20. The van der Waals surface area contributed by atoms with Gasteiger partial charge in [-0.2, -0.15) is 0 Å². The van der Waals surface area contributed by atoms with Gasteiger partial charge in [0, 0.05) is 30.3 Å². The van der Waals surface area contributed by atoms with Gasteiger partial charge in [0.15, 0.2) is 11.0 Å². The van der Waals surface area contributed by atoms with E-state index in [1.165, 1.54) is 23.9 Å². The first-order chi connectivity index (χ1) is 15.0. The fraction of sp³-hybridized carbons (Fsp3) is 0.273. The first-order valence-corrected chi connectivity index (χ1v) is 10.9. The number of rotatable bonds is 9. The molecule has 0 saturated heterocycles. The molecule has 31 heavy (non-hydrogen) atoms. The van der Waals surface area contributed by atoms with Crippen LogP contribution in [0.25, 0.3) is 17.1 Å². The van der Waals surface area contributed by atoms with Crippen LogP contribution >= 0.6 is 11.8 Å². The molecule has 162 valence electrons. The van der Waals surface area contributed by atoms with E-state index in [4.69, 9.17) is 0 Å². The Bertz CT molecular complexity index is 1020. The summed E-state index contributed by atoms with van der Waals surface area (Å²) in [5, 5.41) is 14.6. The molecular formula is C22H24FN5O2S. The summed E-state index contributed by atoms with van der Waals surface area (Å²) in [6.07, 6.45) is 0. The minimum absolute atomic E-state index is 0.0482. The highest BCUT2D eigenvalue weighted by atomic mass is 32.2. The van der Waals surface area contributed by atoms with Crippen molar-refractivity contribution in [2.45, 2.75) is 19.0 Å². The van der Waals surface area contributed by atoms with Gasteiger partial charge < -0.3 is 10.6 Å². The first kappa shape index (κ1) is 22.5. The second kappa shape index (κ2) is 10.7. The third kappa shape index (κ3) is 6.14. The molecule has 0 aliphatic carbocycles. The minimum Gasteiger partial charge on any atom is -0.354 e. The lowest BCUT2D eigenvalue weighted by Crippen LogP contribution is -2.37. The molecule has 0 unspecified atom stereocenters. The van der Waals surface area contributed by atoms with Crippen molar-refractivity contribution in [2.75, 3.05) is 18.8 Å². The van der Waals surface area contributed by atoms with Gasteiger partial charge in [0.1, 0.15) is 5.82 Å². The maximum absolute atomic E-state index is 13.3. The Labute approximate surface area is 184 Å². The molecular weight excluding hydrogens is 417 g/mol. The van der Waals surface area contributed by atoms with Crippen LogP contribution in [-0.2, 0) is 9.59 Å². The zero-order valence-corrected chi connectivity index (χ0v) is 18.2. The van der Waals surface area contributed by atoms with Crippen molar-refractivity contribution >= 4 is 23.6 Å². The number of carbonyl (C=O) groups is 2. The number of para-hydroxylation sites is 1. The molecule has 0 saturated carbocycles. The average molecular weight is 442 g/mol. The number of hydrogen-bond donors (Lipinski definition) is 2. The SMILES string of the molecule is CC(C)C(=O)NCCNC(=O)CSc1nnc(-c2ccc(F)cc2)n1-c1ccccc1. The van der Waals surface area contributed by atoms with Gasteiger partial charge in [0.25, 0.3) is 0 Å². The van der Waals surface area contributed by atoms with Crippen LogP contribution in [0.5, 0.6) is 0 Å². The Morgan fingerprint density at radius 2 is 1.68 bits per heavy atom. The van der Waals surface area contributed by atoms with Crippen LogP contribution in [0.4, 0.5) is 4.39 Å². The van der Waals surface area contributed by atoms with E-state index in [1.54, 1.807) is 12.1 Å². The number of carbonyl (C=O) groups excluding carboxylic acids is 2. The van der Waals surface area contributed by atoms with E-state index in [0.717, 1.165) is 11.3 Å². The Kier molecular flexibility index (Phi) is 7.77. The summed E-state index contributed by atoms with van der Waals surface area (Å²) in [6.45, 7) is 4.35. The van der Waals surface area contributed by atoms with Gasteiger partial charge in [0.2, 0.25) is 11.8 Å². The zero-order valence-electron chi connectivity index (χ0n) is 17.3. The first-order valence-electron chi connectivity index (χ1n) is 9.89. The van der Waals surface area contributed by atoms with Gasteiger partial charge in [-0.15, -0.1) is 10.2 Å².